The Labute approximate surface area is 167 Å². The van der Waals surface area contributed by atoms with E-state index in [2.05, 4.69) is 22.9 Å². The van der Waals surface area contributed by atoms with Crippen molar-refractivity contribution in [1.29, 1.82) is 0 Å². The summed E-state index contributed by atoms with van der Waals surface area (Å²) in [6.07, 6.45) is 2.40. The van der Waals surface area contributed by atoms with Gasteiger partial charge in [-0.1, -0.05) is 22.9 Å². The number of phenolic OH excluding ortho intramolecular Hbond substituents is 1. The van der Waals surface area contributed by atoms with Gasteiger partial charge in [0.05, 0.1) is 19.6 Å². The van der Waals surface area contributed by atoms with Crippen LogP contribution in [0.2, 0.25) is 0 Å². The van der Waals surface area contributed by atoms with E-state index in [4.69, 9.17) is 9.47 Å². The van der Waals surface area contributed by atoms with Gasteiger partial charge in [0.1, 0.15) is 6.61 Å². The lowest BCUT2D eigenvalue weighted by Crippen LogP contribution is -2.49. The molecule has 1 atom stereocenters. The summed E-state index contributed by atoms with van der Waals surface area (Å²) in [5.74, 6) is 0.403. The number of hydrogen-bond acceptors (Lipinski definition) is 5. The number of rotatable bonds is 5. The van der Waals surface area contributed by atoms with Crippen molar-refractivity contribution < 1.29 is 24.2 Å². The van der Waals surface area contributed by atoms with Crippen LogP contribution >= 0.6 is 15.9 Å². The van der Waals surface area contributed by atoms with E-state index in [0.717, 1.165) is 24.8 Å². The number of ether oxygens (including phenoxy) is 2. The van der Waals surface area contributed by atoms with Crippen LogP contribution in [0, 0.1) is 0 Å². The molecule has 0 aromatic heterocycles. The Morgan fingerprint density at radius 2 is 2.07 bits per heavy atom. The van der Waals surface area contributed by atoms with Crippen LogP contribution in [0.3, 0.4) is 0 Å². The van der Waals surface area contributed by atoms with Crippen molar-refractivity contribution in [3.05, 3.63) is 22.2 Å². The van der Waals surface area contributed by atoms with E-state index in [1.54, 1.807) is 6.07 Å². The molecule has 0 aliphatic carbocycles. The Bertz CT molecular complexity index is 718. The highest BCUT2D eigenvalue weighted by Gasteiger charge is 2.38. The number of cyclic esters (lactones) is 1. The van der Waals surface area contributed by atoms with E-state index in [9.17, 15) is 14.7 Å². The van der Waals surface area contributed by atoms with Crippen molar-refractivity contribution in [2.75, 3.05) is 26.8 Å². The predicted molar refractivity (Wildman–Crippen MR) is 103 cm³/mol. The molecule has 8 heteroatoms. The normalized spacial score (nSPS) is 20.7. The summed E-state index contributed by atoms with van der Waals surface area (Å²) < 4.78 is 11.0. The summed E-state index contributed by atoms with van der Waals surface area (Å²) in [5, 5.41) is 9.80. The maximum absolute atomic E-state index is 12.7. The monoisotopic (exact) mass is 440 g/mol. The largest absolute Gasteiger partial charge is 0.504 e. The first kappa shape index (κ1) is 19.8. The van der Waals surface area contributed by atoms with Gasteiger partial charge in [0.15, 0.2) is 11.5 Å². The molecular weight excluding hydrogens is 416 g/mol. The molecule has 1 aromatic carbocycles. The van der Waals surface area contributed by atoms with Gasteiger partial charge in [-0.15, -0.1) is 0 Å². The summed E-state index contributed by atoms with van der Waals surface area (Å²) in [4.78, 5) is 28.4. The molecule has 7 nitrogen and oxygen atoms in total. The summed E-state index contributed by atoms with van der Waals surface area (Å²) >= 11 is 3.39. The maximum Gasteiger partial charge on any atom is 0.410 e. The minimum Gasteiger partial charge on any atom is -0.504 e. The van der Waals surface area contributed by atoms with Gasteiger partial charge >= 0.3 is 6.09 Å². The Hall–Kier alpha value is -1.96. The van der Waals surface area contributed by atoms with Crippen LogP contribution in [0.15, 0.2) is 16.6 Å². The SMILES string of the molecule is CCC1COC(=O)N1C1CCN(C(=O)Cc2cc(OC)c(O)cc2Br)CC1. The third-order valence-electron chi connectivity index (χ3n) is 5.37. The number of carbonyl (C=O) groups excluding carboxylic acids is 2. The number of likely N-dealkylation sites (tertiary alicyclic amines) is 1. The van der Waals surface area contributed by atoms with Gasteiger partial charge in [-0.2, -0.15) is 0 Å². The Balaban J connectivity index is 1.60. The van der Waals surface area contributed by atoms with E-state index in [1.165, 1.54) is 13.2 Å². The quantitative estimate of drug-likeness (QED) is 0.761. The zero-order valence-electron chi connectivity index (χ0n) is 15.6. The summed E-state index contributed by atoms with van der Waals surface area (Å²) in [6, 6.07) is 3.49. The van der Waals surface area contributed by atoms with Crippen molar-refractivity contribution in [3.63, 3.8) is 0 Å². The third kappa shape index (κ3) is 4.15. The van der Waals surface area contributed by atoms with E-state index < -0.39 is 0 Å². The number of amides is 2. The molecule has 0 bridgehead atoms. The Kier molecular flexibility index (Phi) is 6.14. The van der Waals surface area contributed by atoms with E-state index in [0.29, 0.717) is 29.9 Å². The molecule has 2 saturated heterocycles. The van der Waals surface area contributed by atoms with Crippen LogP contribution in [0.25, 0.3) is 0 Å². The number of benzene rings is 1. The van der Waals surface area contributed by atoms with Gasteiger partial charge < -0.3 is 19.5 Å². The fourth-order valence-corrected chi connectivity index (χ4v) is 4.26. The molecular formula is C19H25BrN2O5. The second-order valence-electron chi connectivity index (χ2n) is 6.95. The van der Waals surface area contributed by atoms with Gasteiger partial charge in [0.25, 0.3) is 0 Å². The van der Waals surface area contributed by atoms with E-state index in [1.807, 2.05) is 9.80 Å². The van der Waals surface area contributed by atoms with Crippen molar-refractivity contribution in [2.45, 2.75) is 44.7 Å². The third-order valence-corrected chi connectivity index (χ3v) is 6.11. The number of hydrogen-bond donors (Lipinski definition) is 1. The lowest BCUT2D eigenvalue weighted by Gasteiger charge is -2.37. The summed E-state index contributed by atoms with van der Waals surface area (Å²) in [5.41, 5.74) is 0.769. The molecule has 148 valence electrons. The molecule has 2 aliphatic rings. The van der Waals surface area contributed by atoms with Crippen molar-refractivity contribution in [1.82, 2.24) is 9.80 Å². The number of nitrogens with zero attached hydrogens (tertiary/aromatic N) is 2. The summed E-state index contributed by atoms with van der Waals surface area (Å²) in [6.45, 7) is 3.76. The molecule has 2 fully saturated rings. The average molecular weight is 441 g/mol. The number of methoxy groups -OCH3 is 1. The minimum atomic E-state index is -0.230. The Morgan fingerprint density at radius 3 is 2.70 bits per heavy atom. The number of phenols is 1. The highest BCUT2D eigenvalue weighted by atomic mass is 79.9. The zero-order valence-corrected chi connectivity index (χ0v) is 17.2. The molecule has 2 heterocycles. The molecule has 0 saturated carbocycles. The average Bonchev–Trinajstić information content (AvgIpc) is 3.04. The van der Waals surface area contributed by atoms with Crippen molar-refractivity contribution in [2.24, 2.45) is 0 Å². The molecule has 0 spiro atoms. The zero-order chi connectivity index (χ0) is 19.6. The second kappa shape index (κ2) is 8.37. The maximum atomic E-state index is 12.7. The van der Waals surface area contributed by atoms with Gasteiger partial charge in [0, 0.05) is 23.6 Å². The first-order valence-corrected chi connectivity index (χ1v) is 10.0. The Morgan fingerprint density at radius 1 is 1.37 bits per heavy atom. The number of aromatic hydroxyl groups is 1. The number of halogens is 1. The molecule has 1 aromatic rings. The molecule has 1 N–H and O–H groups in total. The van der Waals surface area contributed by atoms with Crippen molar-refractivity contribution >= 4 is 27.9 Å². The number of carbonyl (C=O) groups is 2. The molecule has 2 aliphatic heterocycles. The van der Waals surface area contributed by atoms with Crippen LogP contribution in [0.1, 0.15) is 31.7 Å². The first-order chi connectivity index (χ1) is 12.9. The smallest absolute Gasteiger partial charge is 0.410 e. The minimum absolute atomic E-state index is 0.0259. The lowest BCUT2D eigenvalue weighted by molar-refractivity contribution is -0.131. The van der Waals surface area contributed by atoms with Gasteiger partial charge in [-0.3, -0.25) is 9.69 Å². The van der Waals surface area contributed by atoms with Gasteiger partial charge in [0.2, 0.25) is 5.91 Å². The highest BCUT2D eigenvalue weighted by Crippen LogP contribution is 2.33. The molecule has 27 heavy (non-hydrogen) atoms. The van der Waals surface area contributed by atoms with Crippen molar-refractivity contribution in [3.8, 4) is 11.5 Å². The predicted octanol–water partition coefficient (Wildman–Crippen LogP) is 2.93. The molecule has 1 unspecified atom stereocenters. The van der Waals surface area contributed by atoms with E-state index >= 15 is 0 Å². The fourth-order valence-electron chi connectivity index (χ4n) is 3.79. The lowest BCUT2D eigenvalue weighted by atomic mass is 10.0. The fraction of sp³-hybridized carbons (Fsp3) is 0.579. The number of piperidine rings is 1. The topological polar surface area (TPSA) is 79.3 Å². The van der Waals surface area contributed by atoms with E-state index in [-0.39, 0.29) is 36.3 Å². The second-order valence-corrected chi connectivity index (χ2v) is 7.80. The van der Waals surface area contributed by atoms with Crippen LogP contribution in [0.5, 0.6) is 11.5 Å². The van der Waals surface area contributed by atoms with Gasteiger partial charge in [-0.05, 0) is 37.0 Å². The van der Waals surface area contributed by atoms with Gasteiger partial charge in [-0.25, -0.2) is 4.79 Å². The standard InChI is InChI=1S/C19H25BrN2O5/c1-3-13-11-27-19(25)22(13)14-4-6-21(7-5-14)18(24)9-12-8-17(26-2)16(23)10-15(12)20/h8,10,13-14,23H,3-7,9,11H2,1-2H3. The van der Waals surface area contributed by atoms with Crippen LogP contribution in [-0.4, -0.2) is 65.8 Å². The first-order valence-electron chi connectivity index (χ1n) is 9.22. The van der Waals surface area contributed by atoms with Crippen LogP contribution < -0.4 is 4.74 Å². The molecule has 0 radical (unpaired) electrons. The molecule has 2 amide bonds. The summed E-state index contributed by atoms with van der Waals surface area (Å²) in [7, 11) is 1.48. The van der Waals surface area contributed by atoms with Crippen LogP contribution in [0.4, 0.5) is 4.79 Å². The van der Waals surface area contributed by atoms with Crippen LogP contribution in [-0.2, 0) is 16.0 Å². The molecule has 3 rings (SSSR count). The highest BCUT2D eigenvalue weighted by molar-refractivity contribution is 9.10.